The van der Waals surface area contributed by atoms with Crippen molar-refractivity contribution in [2.75, 3.05) is 19.4 Å². The fraction of sp³-hybridized carbons (Fsp3) is 0.455. The van der Waals surface area contributed by atoms with Gasteiger partial charge in [-0.1, -0.05) is 17.7 Å². The van der Waals surface area contributed by atoms with E-state index in [-0.39, 0.29) is 6.61 Å². The highest BCUT2D eigenvalue weighted by Gasteiger charge is 2.03. The summed E-state index contributed by atoms with van der Waals surface area (Å²) in [5.74, 6) is 0.924. The summed E-state index contributed by atoms with van der Waals surface area (Å²) >= 11 is 7.69. The molecule has 0 radical (unpaired) electrons. The summed E-state index contributed by atoms with van der Waals surface area (Å²) in [6, 6.07) is 5.93. The zero-order chi connectivity index (χ0) is 11.1. The van der Waals surface area contributed by atoms with E-state index >= 15 is 0 Å². The summed E-state index contributed by atoms with van der Waals surface area (Å²) in [6.45, 7) is 1.09. The molecule has 0 amide bonds. The lowest BCUT2D eigenvalue weighted by Crippen LogP contribution is -2.06. The maximum Gasteiger partial charge on any atom is 0.0439 e. The zero-order valence-corrected chi connectivity index (χ0v) is 10.4. The van der Waals surface area contributed by atoms with E-state index in [9.17, 15) is 0 Å². The largest absolute Gasteiger partial charge is 0.396 e. The average molecular weight is 246 g/mol. The molecule has 0 aromatic heterocycles. The molecule has 0 aliphatic rings. The fourth-order valence-electron chi connectivity index (χ4n) is 1.25. The molecule has 0 saturated heterocycles. The van der Waals surface area contributed by atoms with Crippen LogP contribution in [0.4, 0.5) is 0 Å². The molecule has 0 fully saturated rings. The number of rotatable bonds is 6. The molecule has 1 aromatic carbocycles. The van der Waals surface area contributed by atoms with Crippen LogP contribution in [0.3, 0.4) is 0 Å². The molecular weight excluding hydrogens is 230 g/mol. The van der Waals surface area contributed by atoms with Crippen molar-refractivity contribution in [3.63, 3.8) is 0 Å². The summed E-state index contributed by atoms with van der Waals surface area (Å²) in [6.07, 6.45) is 0.816. The number of nitrogens with one attached hydrogen (secondary N) is 1. The molecule has 15 heavy (non-hydrogen) atoms. The molecule has 2 N–H and O–H groups in total. The SMILES string of the molecule is CNCc1ccc(Cl)cc1SCCCO. The fourth-order valence-corrected chi connectivity index (χ4v) is 2.51. The van der Waals surface area contributed by atoms with Crippen LogP contribution in [-0.4, -0.2) is 24.5 Å². The highest BCUT2D eigenvalue weighted by molar-refractivity contribution is 7.99. The van der Waals surface area contributed by atoms with Gasteiger partial charge >= 0.3 is 0 Å². The molecule has 0 spiro atoms. The third-order valence-corrected chi connectivity index (χ3v) is 3.38. The number of aliphatic hydroxyl groups excluding tert-OH is 1. The first-order valence-electron chi connectivity index (χ1n) is 4.94. The lowest BCUT2D eigenvalue weighted by atomic mass is 10.2. The van der Waals surface area contributed by atoms with Gasteiger partial charge in [0.2, 0.25) is 0 Å². The number of hydrogen-bond donors (Lipinski definition) is 2. The Morgan fingerprint density at radius 2 is 2.27 bits per heavy atom. The Bertz CT molecular complexity index is 307. The number of hydrogen-bond acceptors (Lipinski definition) is 3. The van der Waals surface area contributed by atoms with E-state index in [1.54, 1.807) is 11.8 Å². The van der Waals surface area contributed by atoms with E-state index in [2.05, 4.69) is 5.32 Å². The van der Waals surface area contributed by atoms with Crippen LogP contribution in [0, 0.1) is 0 Å². The van der Waals surface area contributed by atoms with Crippen molar-refractivity contribution >= 4 is 23.4 Å². The van der Waals surface area contributed by atoms with E-state index in [0.29, 0.717) is 0 Å². The van der Waals surface area contributed by atoms with Gasteiger partial charge in [0, 0.05) is 28.8 Å². The predicted molar refractivity (Wildman–Crippen MR) is 66.6 cm³/mol. The lowest BCUT2D eigenvalue weighted by molar-refractivity contribution is 0.296. The van der Waals surface area contributed by atoms with Crippen LogP contribution in [0.15, 0.2) is 23.1 Å². The van der Waals surface area contributed by atoms with Crippen LogP contribution >= 0.6 is 23.4 Å². The standard InChI is InChI=1S/C11H16ClNOS/c1-13-8-9-3-4-10(12)7-11(9)15-6-2-5-14/h3-4,7,13-14H,2,5-6,8H2,1H3. The number of aliphatic hydroxyl groups is 1. The second-order valence-corrected chi connectivity index (χ2v) is 4.78. The van der Waals surface area contributed by atoms with Gasteiger partial charge < -0.3 is 10.4 Å². The molecular formula is C11H16ClNOS. The Morgan fingerprint density at radius 3 is 2.93 bits per heavy atom. The quantitative estimate of drug-likeness (QED) is 0.597. The molecule has 0 aliphatic carbocycles. The van der Waals surface area contributed by atoms with Crippen LogP contribution in [-0.2, 0) is 6.54 Å². The van der Waals surface area contributed by atoms with Gasteiger partial charge in [0.15, 0.2) is 0 Å². The van der Waals surface area contributed by atoms with Crippen molar-refractivity contribution in [1.82, 2.24) is 5.32 Å². The molecule has 1 aromatic rings. The Hall–Kier alpha value is -0.220. The Labute approximate surface area is 100 Å². The summed E-state index contributed by atoms with van der Waals surface area (Å²) in [4.78, 5) is 1.20. The Kier molecular flexibility index (Phi) is 6.10. The van der Waals surface area contributed by atoms with E-state index < -0.39 is 0 Å². The molecule has 0 atom stereocenters. The number of thioether (sulfide) groups is 1. The molecule has 0 saturated carbocycles. The maximum absolute atomic E-state index is 8.72. The van der Waals surface area contributed by atoms with Gasteiger partial charge in [-0.15, -0.1) is 11.8 Å². The second kappa shape index (κ2) is 7.12. The van der Waals surface area contributed by atoms with Gasteiger partial charge in [-0.3, -0.25) is 0 Å². The molecule has 0 unspecified atom stereocenters. The maximum atomic E-state index is 8.72. The van der Waals surface area contributed by atoms with Gasteiger partial charge in [-0.2, -0.15) is 0 Å². The minimum Gasteiger partial charge on any atom is -0.396 e. The van der Waals surface area contributed by atoms with Gasteiger partial charge in [0.05, 0.1) is 0 Å². The Balaban J connectivity index is 2.68. The van der Waals surface area contributed by atoms with Gasteiger partial charge in [-0.05, 0) is 31.2 Å². The topological polar surface area (TPSA) is 32.3 Å². The highest BCUT2D eigenvalue weighted by atomic mass is 35.5. The van der Waals surface area contributed by atoms with Crippen molar-refractivity contribution in [3.05, 3.63) is 28.8 Å². The third-order valence-electron chi connectivity index (χ3n) is 1.96. The highest BCUT2D eigenvalue weighted by Crippen LogP contribution is 2.26. The van der Waals surface area contributed by atoms with Crippen molar-refractivity contribution < 1.29 is 5.11 Å². The molecule has 0 heterocycles. The average Bonchev–Trinajstić information content (AvgIpc) is 2.22. The van der Waals surface area contributed by atoms with E-state index in [4.69, 9.17) is 16.7 Å². The number of benzene rings is 1. The van der Waals surface area contributed by atoms with Crippen LogP contribution in [0.1, 0.15) is 12.0 Å². The summed E-state index contributed by atoms with van der Waals surface area (Å²) in [5, 5.41) is 12.6. The second-order valence-electron chi connectivity index (χ2n) is 3.21. The number of halogens is 1. The molecule has 4 heteroatoms. The zero-order valence-electron chi connectivity index (χ0n) is 8.79. The first-order chi connectivity index (χ1) is 7.27. The molecule has 2 nitrogen and oxygen atoms in total. The Morgan fingerprint density at radius 1 is 1.47 bits per heavy atom. The monoisotopic (exact) mass is 245 g/mol. The molecule has 0 aliphatic heterocycles. The molecule has 0 bridgehead atoms. The van der Waals surface area contributed by atoms with Gasteiger partial charge in [0.1, 0.15) is 0 Å². The van der Waals surface area contributed by atoms with Gasteiger partial charge in [-0.25, -0.2) is 0 Å². The van der Waals surface area contributed by atoms with E-state index in [1.165, 1.54) is 10.5 Å². The first kappa shape index (κ1) is 12.8. The van der Waals surface area contributed by atoms with Crippen LogP contribution in [0.25, 0.3) is 0 Å². The van der Waals surface area contributed by atoms with Crippen LogP contribution in [0.5, 0.6) is 0 Å². The third kappa shape index (κ3) is 4.43. The first-order valence-corrected chi connectivity index (χ1v) is 6.31. The van der Waals surface area contributed by atoms with Crippen molar-refractivity contribution in [2.45, 2.75) is 17.9 Å². The van der Waals surface area contributed by atoms with Crippen LogP contribution < -0.4 is 5.32 Å². The predicted octanol–water partition coefficient (Wildman–Crippen LogP) is 2.53. The minimum absolute atomic E-state index is 0.245. The van der Waals surface area contributed by atoms with Crippen LogP contribution in [0.2, 0.25) is 5.02 Å². The smallest absolute Gasteiger partial charge is 0.0439 e. The minimum atomic E-state index is 0.245. The normalized spacial score (nSPS) is 10.6. The summed E-state index contributed by atoms with van der Waals surface area (Å²) in [5.41, 5.74) is 1.25. The van der Waals surface area contributed by atoms with Gasteiger partial charge in [0.25, 0.3) is 0 Å². The van der Waals surface area contributed by atoms with Crippen molar-refractivity contribution in [1.29, 1.82) is 0 Å². The van der Waals surface area contributed by atoms with Crippen molar-refractivity contribution in [2.24, 2.45) is 0 Å². The van der Waals surface area contributed by atoms with E-state index in [1.807, 2.05) is 25.2 Å². The van der Waals surface area contributed by atoms with Crippen molar-refractivity contribution in [3.8, 4) is 0 Å². The summed E-state index contributed by atoms with van der Waals surface area (Å²) in [7, 11) is 1.93. The summed E-state index contributed by atoms with van der Waals surface area (Å²) < 4.78 is 0. The molecule has 84 valence electrons. The van der Waals surface area contributed by atoms with E-state index in [0.717, 1.165) is 23.7 Å². The molecule has 1 rings (SSSR count). The lowest BCUT2D eigenvalue weighted by Gasteiger charge is -2.08.